The Morgan fingerprint density at radius 1 is 1.55 bits per heavy atom. The molecule has 0 spiro atoms. The SMILES string of the molecule is CC(C)COC[C@H]1CCCN1. The Morgan fingerprint density at radius 2 is 2.36 bits per heavy atom. The summed E-state index contributed by atoms with van der Waals surface area (Å²) in [7, 11) is 0. The van der Waals surface area contributed by atoms with Gasteiger partial charge < -0.3 is 10.1 Å². The van der Waals surface area contributed by atoms with Crippen molar-refractivity contribution in [3.63, 3.8) is 0 Å². The number of rotatable bonds is 4. The van der Waals surface area contributed by atoms with Crippen LogP contribution in [0.4, 0.5) is 0 Å². The minimum atomic E-state index is 0.633. The summed E-state index contributed by atoms with van der Waals surface area (Å²) in [5.41, 5.74) is 0. The third-order valence-corrected chi connectivity index (χ3v) is 1.93. The van der Waals surface area contributed by atoms with Crippen LogP contribution in [0.5, 0.6) is 0 Å². The van der Waals surface area contributed by atoms with Crippen LogP contribution in [0.3, 0.4) is 0 Å². The molecular formula is C9H19NO. The molecule has 2 nitrogen and oxygen atoms in total. The van der Waals surface area contributed by atoms with E-state index in [1.54, 1.807) is 0 Å². The van der Waals surface area contributed by atoms with E-state index in [1.165, 1.54) is 19.4 Å². The lowest BCUT2D eigenvalue weighted by atomic mass is 10.2. The van der Waals surface area contributed by atoms with Gasteiger partial charge in [-0.15, -0.1) is 0 Å². The second-order valence-electron chi connectivity index (χ2n) is 3.72. The normalized spacial score (nSPS) is 24.8. The van der Waals surface area contributed by atoms with Gasteiger partial charge in [0.15, 0.2) is 0 Å². The van der Waals surface area contributed by atoms with Crippen LogP contribution >= 0.6 is 0 Å². The summed E-state index contributed by atoms with van der Waals surface area (Å²) in [6, 6.07) is 0.633. The van der Waals surface area contributed by atoms with Crippen molar-refractivity contribution >= 4 is 0 Å². The summed E-state index contributed by atoms with van der Waals surface area (Å²) in [5.74, 6) is 0.663. The summed E-state index contributed by atoms with van der Waals surface area (Å²) in [6.07, 6.45) is 2.60. The Labute approximate surface area is 69.3 Å². The Morgan fingerprint density at radius 3 is 2.91 bits per heavy atom. The van der Waals surface area contributed by atoms with Crippen molar-refractivity contribution in [2.24, 2.45) is 5.92 Å². The molecule has 0 bridgehead atoms. The fourth-order valence-electron chi connectivity index (χ4n) is 1.34. The zero-order valence-corrected chi connectivity index (χ0v) is 7.60. The van der Waals surface area contributed by atoms with Crippen molar-refractivity contribution in [3.8, 4) is 0 Å². The lowest BCUT2D eigenvalue weighted by Crippen LogP contribution is -2.27. The molecule has 1 fully saturated rings. The first-order chi connectivity index (χ1) is 5.29. The van der Waals surface area contributed by atoms with Crippen molar-refractivity contribution in [1.29, 1.82) is 0 Å². The van der Waals surface area contributed by atoms with E-state index < -0.39 is 0 Å². The van der Waals surface area contributed by atoms with Gasteiger partial charge in [-0.25, -0.2) is 0 Å². The fourth-order valence-corrected chi connectivity index (χ4v) is 1.34. The molecule has 2 heteroatoms. The lowest BCUT2D eigenvalue weighted by molar-refractivity contribution is 0.0943. The van der Waals surface area contributed by atoms with E-state index in [0.717, 1.165) is 13.2 Å². The first-order valence-electron chi connectivity index (χ1n) is 4.60. The van der Waals surface area contributed by atoms with Gasteiger partial charge in [0, 0.05) is 12.6 Å². The maximum Gasteiger partial charge on any atom is 0.0619 e. The number of nitrogens with one attached hydrogen (secondary N) is 1. The molecule has 0 aliphatic carbocycles. The number of ether oxygens (including phenoxy) is 1. The van der Waals surface area contributed by atoms with Crippen LogP contribution in [-0.4, -0.2) is 25.8 Å². The molecule has 1 atom stereocenters. The topological polar surface area (TPSA) is 21.3 Å². The molecule has 11 heavy (non-hydrogen) atoms. The molecule has 0 unspecified atom stereocenters. The fraction of sp³-hybridized carbons (Fsp3) is 1.00. The van der Waals surface area contributed by atoms with E-state index in [1.807, 2.05) is 0 Å². The van der Waals surface area contributed by atoms with Gasteiger partial charge in [-0.2, -0.15) is 0 Å². The Balaban J connectivity index is 1.94. The van der Waals surface area contributed by atoms with Gasteiger partial charge >= 0.3 is 0 Å². The molecule has 1 heterocycles. The molecule has 1 rings (SSSR count). The Hall–Kier alpha value is -0.0800. The quantitative estimate of drug-likeness (QED) is 0.666. The van der Waals surface area contributed by atoms with E-state index in [9.17, 15) is 0 Å². The smallest absolute Gasteiger partial charge is 0.0619 e. The monoisotopic (exact) mass is 157 g/mol. The summed E-state index contributed by atoms with van der Waals surface area (Å²) in [5, 5.41) is 3.41. The minimum Gasteiger partial charge on any atom is -0.380 e. The van der Waals surface area contributed by atoms with Gasteiger partial charge in [0.2, 0.25) is 0 Å². The summed E-state index contributed by atoms with van der Waals surface area (Å²) in [6.45, 7) is 7.34. The van der Waals surface area contributed by atoms with Crippen molar-refractivity contribution in [3.05, 3.63) is 0 Å². The van der Waals surface area contributed by atoms with Crippen LogP contribution in [0, 0.1) is 5.92 Å². The van der Waals surface area contributed by atoms with Crippen molar-refractivity contribution < 1.29 is 4.74 Å². The maximum atomic E-state index is 5.52. The average molecular weight is 157 g/mol. The second kappa shape index (κ2) is 4.73. The maximum absolute atomic E-state index is 5.52. The van der Waals surface area contributed by atoms with Crippen LogP contribution in [0.1, 0.15) is 26.7 Å². The zero-order chi connectivity index (χ0) is 8.10. The van der Waals surface area contributed by atoms with Crippen LogP contribution in [0.2, 0.25) is 0 Å². The van der Waals surface area contributed by atoms with Gasteiger partial charge in [0.1, 0.15) is 0 Å². The molecule has 1 aliphatic rings. The molecule has 0 amide bonds. The van der Waals surface area contributed by atoms with E-state index in [-0.39, 0.29) is 0 Å². The molecule has 0 saturated carbocycles. The van der Waals surface area contributed by atoms with Gasteiger partial charge in [-0.05, 0) is 25.3 Å². The molecule has 66 valence electrons. The summed E-state index contributed by atoms with van der Waals surface area (Å²) in [4.78, 5) is 0. The minimum absolute atomic E-state index is 0.633. The van der Waals surface area contributed by atoms with Crippen LogP contribution < -0.4 is 5.32 Å². The van der Waals surface area contributed by atoms with Gasteiger partial charge in [-0.3, -0.25) is 0 Å². The largest absolute Gasteiger partial charge is 0.380 e. The molecular weight excluding hydrogens is 138 g/mol. The van der Waals surface area contributed by atoms with E-state index in [0.29, 0.717) is 12.0 Å². The molecule has 0 radical (unpaired) electrons. The summed E-state index contributed by atoms with van der Waals surface area (Å²) < 4.78 is 5.52. The predicted molar refractivity (Wildman–Crippen MR) is 46.7 cm³/mol. The van der Waals surface area contributed by atoms with E-state index in [2.05, 4.69) is 19.2 Å². The van der Waals surface area contributed by atoms with Gasteiger partial charge in [-0.1, -0.05) is 13.8 Å². The highest BCUT2D eigenvalue weighted by atomic mass is 16.5. The van der Waals surface area contributed by atoms with E-state index in [4.69, 9.17) is 4.74 Å². The molecule has 0 aromatic heterocycles. The second-order valence-corrected chi connectivity index (χ2v) is 3.72. The average Bonchev–Trinajstić information content (AvgIpc) is 2.39. The molecule has 0 aromatic carbocycles. The molecule has 0 aromatic rings. The van der Waals surface area contributed by atoms with Crippen LogP contribution in [0.15, 0.2) is 0 Å². The highest BCUT2D eigenvalue weighted by molar-refractivity contribution is 4.73. The summed E-state index contributed by atoms with van der Waals surface area (Å²) >= 11 is 0. The standard InChI is InChI=1S/C9H19NO/c1-8(2)6-11-7-9-4-3-5-10-9/h8-10H,3-7H2,1-2H3/t9-/m1/s1. The molecule has 1 saturated heterocycles. The van der Waals surface area contributed by atoms with Crippen molar-refractivity contribution in [2.45, 2.75) is 32.7 Å². The van der Waals surface area contributed by atoms with Crippen molar-refractivity contribution in [2.75, 3.05) is 19.8 Å². The zero-order valence-electron chi connectivity index (χ0n) is 7.60. The molecule has 1 N–H and O–H groups in total. The van der Waals surface area contributed by atoms with Crippen molar-refractivity contribution in [1.82, 2.24) is 5.32 Å². The molecule has 1 aliphatic heterocycles. The first-order valence-corrected chi connectivity index (χ1v) is 4.60. The number of hydrogen-bond donors (Lipinski definition) is 1. The van der Waals surface area contributed by atoms with E-state index >= 15 is 0 Å². The highest BCUT2D eigenvalue weighted by Crippen LogP contribution is 2.05. The third kappa shape index (κ3) is 3.73. The Kier molecular flexibility index (Phi) is 3.87. The predicted octanol–water partition coefficient (Wildman–Crippen LogP) is 1.41. The van der Waals surface area contributed by atoms with Crippen LogP contribution in [-0.2, 0) is 4.74 Å². The highest BCUT2D eigenvalue weighted by Gasteiger charge is 2.13. The van der Waals surface area contributed by atoms with Gasteiger partial charge in [0.05, 0.1) is 6.61 Å². The third-order valence-electron chi connectivity index (χ3n) is 1.93. The first kappa shape index (κ1) is 9.01. The lowest BCUT2D eigenvalue weighted by Gasteiger charge is -2.11. The van der Waals surface area contributed by atoms with Crippen LogP contribution in [0.25, 0.3) is 0 Å². The van der Waals surface area contributed by atoms with Gasteiger partial charge in [0.25, 0.3) is 0 Å². The number of hydrogen-bond acceptors (Lipinski definition) is 2. The Bertz CT molecular complexity index is 97.7.